The lowest BCUT2D eigenvalue weighted by Crippen LogP contribution is -2.12. The quantitative estimate of drug-likeness (QED) is 0.545. The average molecular weight is 344 g/mol. The summed E-state index contributed by atoms with van der Waals surface area (Å²) in [5, 5.41) is 2.03. The molecule has 0 radical (unpaired) electrons. The third kappa shape index (κ3) is 4.48. The number of methoxy groups -OCH3 is 1. The van der Waals surface area contributed by atoms with Gasteiger partial charge in [0, 0.05) is 16.5 Å². The van der Waals surface area contributed by atoms with Crippen LogP contribution in [0, 0.1) is 0 Å². The fourth-order valence-corrected chi connectivity index (χ4v) is 3.27. The van der Waals surface area contributed by atoms with E-state index in [1.807, 2.05) is 11.4 Å². The lowest BCUT2D eigenvalue weighted by Gasteiger charge is -2.22. The topological polar surface area (TPSA) is 35.5 Å². The zero-order valence-corrected chi connectivity index (χ0v) is 15.7. The molecule has 0 N–H and O–H groups in total. The lowest BCUT2D eigenvalue weighted by molar-refractivity contribution is -0.137. The van der Waals surface area contributed by atoms with E-state index in [1.165, 1.54) is 11.6 Å². The summed E-state index contributed by atoms with van der Waals surface area (Å²) in [6.45, 7) is 8.72. The first kappa shape index (κ1) is 18.3. The number of rotatable bonds is 5. The van der Waals surface area contributed by atoms with Crippen molar-refractivity contribution in [2.24, 2.45) is 0 Å². The maximum Gasteiger partial charge on any atom is 0.330 e. The van der Waals surface area contributed by atoms with Crippen LogP contribution in [0.4, 0.5) is 0 Å². The molecule has 0 fully saturated rings. The molecule has 0 amide bonds. The lowest BCUT2D eigenvalue weighted by atomic mass is 9.85. The van der Waals surface area contributed by atoms with Crippen molar-refractivity contribution in [2.45, 2.75) is 33.1 Å². The van der Waals surface area contributed by atoms with E-state index in [4.69, 9.17) is 9.47 Å². The van der Waals surface area contributed by atoms with Gasteiger partial charge in [-0.1, -0.05) is 20.8 Å². The van der Waals surface area contributed by atoms with Crippen LogP contribution in [-0.4, -0.2) is 19.7 Å². The Morgan fingerprint density at radius 1 is 1.25 bits per heavy atom. The molecule has 4 heteroatoms. The van der Waals surface area contributed by atoms with Crippen molar-refractivity contribution in [3.05, 3.63) is 46.8 Å². The zero-order valence-electron chi connectivity index (χ0n) is 14.9. The van der Waals surface area contributed by atoms with Gasteiger partial charge in [0.15, 0.2) is 0 Å². The third-order valence-electron chi connectivity index (χ3n) is 3.61. The van der Waals surface area contributed by atoms with E-state index in [2.05, 4.69) is 39.0 Å². The van der Waals surface area contributed by atoms with Gasteiger partial charge in [-0.05, 0) is 59.2 Å². The van der Waals surface area contributed by atoms with E-state index >= 15 is 0 Å². The van der Waals surface area contributed by atoms with Crippen LogP contribution >= 0.6 is 11.3 Å². The predicted octanol–water partition coefficient (Wildman–Crippen LogP) is 5.30. The van der Waals surface area contributed by atoms with Crippen LogP contribution in [-0.2, 0) is 14.9 Å². The Hall–Kier alpha value is -2.07. The van der Waals surface area contributed by atoms with E-state index in [-0.39, 0.29) is 11.4 Å². The van der Waals surface area contributed by atoms with Crippen molar-refractivity contribution in [2.75, 3.05) is 13.7 Å². The van der Waals surface area contributed by atoms with Gasteiger partial charge >= 0.3 is 5.97 Å². The molecule has 0 aliphatic carbocycles. The second-order valence-electron chi connectivity index (χ2n) is 6.49. The number of ether oxygens (including phenoxy) is 2. The van der Waals surface area contributed by atoms with Crippen LogP contribution < -0.4 is 4.74 Å². The number of hydrogen-bond donors (Lipinski definition) is 0. The molecular formula is C20H24O3S. The summed E-state index contributed by atoms with van der Waals surface area (Å²) in [7, 11) is 1.70. The number of esters is 1. The SMILES string of the molecule is CCOC(=O)/C=C/c1csc(-c2ccc(OC)c(C(C)(C)C)c2)c1. The Balaban J connectivity index is 2.29. The van der Waals surface area contributed by atoms with Gasteiger partial charge in [0.1, 0.15) is 5.75 Å². The van der Waals surface area contributed by atoms with Crippen LogP contribution in [0.15, 0.2) is 35.7 Å². The summed E-state index contributed by atoms with van der Waals surface area (Å²) >= 11 is 1.66. The van der Waals surface area contributed by atoms with E-state index in [1.54, 1.807) is 31.4 Å². The zero-order chi connectivity index (χ0) is 17.7. The molecule has 0 aliphatic rings. The van der Waals surface area contributed by atoms with Crippen molar-refractivity contribution in [3.63, 3.8) is 0 Å². The Labute approximate surface area is 147 Å². The molecule has 0 atom stereocenters. The molecule has 1 aromatic carbocycles. The van der Waals surface area contributed by atoms with Crippen LogP contribution in [0.1, 0.15) is 38.8 Å². The molecular weight excluding hydrogens is 320 g/mol. The molecule has 0 spiro atoms. The van der Waals surface area contributed by atoms with Gasteiger partial charge in [0.25, 0.3) is 0 Å². The monoisotopic (exact) mass is 344 g/mol. The first-order valence-electron chi connectivity index (χ1n) is 7.97. The molecule has 128 valence electrons. The highest BCUT2D eigenvalue weighted by molar-refractivity contribution is 7.13. The maximum atomic E-state index is 11.4. The molecule has 2 rings (SSSR count). The first-order valence-corrected chi connectivity index (χ1v) is 8.85. The van der Waals surface area contributed by atoms with Crippen molar-refractivity contribution < 1.29 is 14.3 Å². The number of benzene rings is 1. The molecule has 0 aliphatic heterocycles. The van der Waals surface area contributed by atoms with Crippen LogP contribution in [0.2, 0.25) is 0 Å². The highest BCUT2D eigenvalue weighted by Crippen LogP contribution is 2.36. The summed E-state index contributed by atoms with van der Waals surface area (Å²) in [5.41, 5.74) is 3.34. The Morgan fingerprint density at radius 3 is 2.62 bits per heavy atom. The summed E-state index contributed by atoms with van der Waals surface area (Å²) < 4.78 is 10.4. The molecule has 0 unspecified atom stereocenters. The summed E-state index contributed by atoms with van der Waals surface area (Å²) in [6.07, 6.45) is 3.25. The van der Waals surface area contributed by atoms with Crippen molar-refractivity contribution in [1.82, 2.24) is 0 Å². The highest BCUT2D eigenvalue weighted by atomic mass is 32.1. The number of carbonyl (C=O) groups is 1. The largest absolute Gasteiger partial charge is 0.496 e. The minimum atomic E-state index is -0.315. The van der Waals surface area contributed by atoms with Gasteiger partial charge in [-0.25, -0.2) is 4.79 Å². The second-order valence-corrected chi connectivity index (χ2v) is 7.41. The molecule has 1 aromatic heterocycles. The van der Waals surface area contributed by atoms with E-state index in [0.29, 0.717) is 6.61 Å². The molecule has 24 heavy (non-hydrogen) atoms. The first-order chi connectivity index (χ1) is 11.3. The van der Waals surface area contributed by atoms with Crippen molar-refractivity contribution >= 4 is 23.4 Å². The summed E-state index contributed by atoms with van der Waals surface area (Å²) in [5.74, 6) is 0.593. The Morgan fingerprint density at radius 2 is 2.00 bits per heavy atom. The minimum Gasteiger partial charge on any atom is -0.496 e. The van der Waals surface area contributed by atoms with E-state index < -0.39 is 0 Å². The second kappa shape index (κ2) is 7.67. The Bertz CT molecular complexity index is 736. The van der Waals surface area contributed by atoms with Gasteiger partial charge in [-0.15, -0.1) is 11.3 Å². The van der Waals surface area contributed by atoms with Gasteiger partial charge in [0.2, 0.25) is 0 Å². The molecule has 0 saturated carbocycles. The normalized spacial score (nSPS) is 11.7. The third-order valence-corrected chi connectivity index (χ3v) is 4.61. The summed E-state index contributed by atoms with van der Waals surface area (Å²) in [6, 6.07) is 8.35. The van der Waals surface area contributed by atoms with Crippen LogP contribution in [0.25, 0.3) is 16.5 Å². The fourth-order valence-electron chi connectivity index (χ4n) is 2.39. The van der Waals surface area contributed by atoms with Gasteiger partial charge in [-0.3, -0.25) is 0 Å². The van der Waals surface area contributed by atoms with Crippen LogP contribution in [0.5, 0.6) is 5.75 Å². The van der Waals surface area contributed by atoms with Crippen molar-refractivity contribution in [3.8, 4) is 16.2 Å². The number of thiophene rings is 1. The molecule has 3 nitrogen and oxygen atoms in total. The number of hydrogen-bond acceptors (Lipinski definition) is 4. The molecule has 1 heterocycles. The molecule has 2 aromatic rings. The van der Waals surface area contributed by atoms with Crippen molar-refractivity contribution in [1.29, 1.82) is 0 Å². The average Bonchev–Trinajstić information content (AvgIpc) is 3.01. The Kier molecular flexibility index (Phi) is 5.84. The van der Waals surface area contributed by atoms with Crippen LogP contribution in [0.3, 0.4) is 0 Å². The maximum absolute atomic E-state index is 11.4. The van der Waals surface area contributed by atoms with Gasteiger partial charge in [-0.2, -0.15) is 0 Å². The standard InChI is InChI=1S/C20H24O3S/c1-6-23-19(21)10-7-14-11-18(24-13-14)15-8-9-17(22-5)16(12-15)20(2,3)4/h7-13H,6H2,1-5H3/b10-7+. The van der Waals surface area contributed by atoms with Gasteiger partial charge in [0.05, 0.1) is 13.7 Å². The highest BCUT2D eigenvalue weighted by Gasteiger charge is 2.19. The predicted molar refractivity (Wildman–Crippen MR) is 101 cm³/mol. The summed E-state index contributed by atoms with van der Waals surface area (Å²) in [4.78, 5) is 12.6. The van der Waals surface area contributed by atoms with Gasteiger partial charge < -0.3 is 9.47 Å². The van der Waals surface area contributed by atoms with E-state index in [9.17, 15) is 4.79 Å². The smallest absolute Gasteiger partial charge is 0.330 e. The molecule has 0 bridgehead atoms. The fraction of sp³-hybridized carbons (Fsp3) is 0.350. The molecule has 0 saturated heterocycles. The minimum absolute atomic E-state index is 0.00521. The number of carbonyl (C=O) groups excluding carboxylic acids is 1. The van der Waals surface area contributed by atoms with E-state index in [0.717, 1.165) is 21.8 Å².